The second-order valence-corrected chi connectivity index (χ2v) is 6.46. The number of allylic oxidation sites excluding steroid dienone is 1. The summed E-state index contributed by atoms with van der Waals surface area (Å²) in [6.07, 6.45) is 3.55. The van der Waals surface area contributed by atoms with Crippen LogP contribution in [0.4, 0.5) is 0 Å². The quantitative estimate of drug-likeness (QED) is 0.698. The van der Waals surface area contributed by atoms with E-state index in [1.165, 1.54) is 5.56 Å². The highest BCUT2D eigenvalue weighted by atomic mass is 15.2. The lowest BCUT2D eigenvalue weighted by atomic mass is 9.95. The number of aromatic nitrogens is 2. The summed E-state index contributed by atoms with van der Waals surface area (Å²) in [4.78, 5) is 0. The molecule has 104 valence electrons. The summed E-state index contributed by atoms with van der Waals surface area (Å²) in [5, 5.41) is 0. The molecule has 0 N–H and O–H groups in total. The van der Waals surface area contributed by atoms with E-state index in [9.17, 15) is 0 Å². The molecule has 20 heavy (non-hydrogen) atoms. The Balaban J connectivity index is 2.43. The minimum Gasteiger partial charge on any atom is -0.223 e. The number of rotatable bonds is 1. The van der Waals surface area contributed by atoms with Crippen LogP contribution in [0.2, 0.25) is 0 Å². The van der Waals surface area contributed by atoms with Gasteiger partial charge in [-0.15, -0.1) is 0 Å². The van der Waals surface area contributed by atoms with Gasteiger partial charge < -0.3 is 0 Å². The zero-order valence-corrected chi connectivity index (χ0v) is 12.9. The number of hydrogen-bond donors (Lipinski definition) is 0. The van der Waals surface area contributed by atoms with Crippen molar-refractivity contribution < 1.29 is 7.31 Å². The zero-order valence-electron chi connectivity index (χ0n) is 14.9. The van der Waals surface area contributed by atoms with Crippen LogP contribution in [0.15, 0.2) is 30.3 Å². The van der Waals surface area contributed by atoms with Gasteiger partial charge in [-0.1, -0.05) is 18.2 Å². The largest absolute Gasteiger partial charge is 0.268 e. The summed E-state index contributed by atoms with van der Waals surface area (Å²) in [5.41, 5.74) is 4.17. The molecule has 0 saturated carbocycles. The molecule has 2 heterocycles. The molecule has 1 aromatic heterocycles. The maximum absolute atomic E-state index is 8.34. The first-order valence-corrected chi connectivity index (χ1v) is 7.08. The molecular weight excluding hydrogens is 244 g/mol. The molecule has 2 aromatic rings. The van der Waals surface area contributed by atoms with Crippen LogP contribution in [0.3, 0.4) is 0 Å². The van der Waals surface area contributed by atoms with Crippen molar-refractivity contribution >= 4 is 6.08 Å². The summed E-state index contributed by atoms with van der Waals surface area (Å²) in [6.45, 7) is 9.10. The van der Waals surface area contributed by atoms with Gasteiger partial charge in [0.25, 0.3) is 5.82 Å². The van der Waals surface area contributed by atoms with Crippen LogP contribution in [-0.2, 0) is 11.9 Å². The van der Waals surface area contributed by atoms with Gasteiger partial charge in [0, 0.05) is 6.92 Å². The van der Waals surface area contributed by atoms with Gasteiger partial charge in [0.05, 0.1) is 8.16 Å². The second-order valence-electron chi connectivity index (χ2n) is 6.46. The predicted molar refractivity (Wildman–Crippen MR) is 83.2 cm³/mol. The first-order chi connectivity index (χ1) is 10.1. The highest BCUT2D eigenvalue weighted by Gasteiger charge is 2.37. The fraction of sp³-hybridized carbons (Fsp3) is 0.389. The minimum absolute atomic E-state index is 0.176. The number of hydrogen-bond acceptors (Lipinski definition) is 0. The molecule has 1 aromatic carbocycles. The molecule has 2 nitrogen and oxygen atoms in total. The molecule has 0 unspecified atom stereocenters. The second kappa shape index (κ2) is 4.34. The maximum atomic E-state index is 8.34. The molecule has 0 radical (unpaired) electrons. The van der Waals surface area contributed by atoms with Crippen molar-refractivity contribution in [2.75, 3.05) is 0 Å². The lowest BCUT2D eigenvalue weighted by Crippen LogP contribution is -2.42. The topological polar surface area (TPSA) is 8.81 Å². The van der Waals surface area contributed by atoms with Crippen LogP contribution in [0.25, 0.3) is 11.8 Å². The van der Waals surface area contributed by atoms with Crippen molar-refractivity contribution in [1.82, 2.24) is 4.57 Å². The third-order valence-electron chi connectivity index (χ3n) is 3.84. The van der Waals surface area contributed by atoms with Gasteiger partial charge >= 0.3 is 0 Å². The Kier molecular flexibility index (Phi) is 2.36. The van der Waals surface area contributed by atoms with Crippen molar-refractivity contribution in [3.05, 3.63) is 53.1 Å². The minimum atomic E-state index is -1.48. The molecule has 0 aliphatic carbocycles. The van der Waals surface area contributed by atoms with Gasteiger partial charge in [-0.3, -0.25) is 0 Å². The van der Waals surface area contributed by atoms with Crippen LogP contribution in [0.1, 0.15) is 46.3 Å². The Morgan fingerprint density at radius 1 is 1.20 bits per heavy atom. The standard InChI is InChI=1S/C18H23N2/c1-13-9-6-7-10-15(13)20-14(2)16-11-8-12-19(16)17(20)18(3,4)5/h6-11H,12H2,1-5H3/q+1/i12D2. The fourth-order valence-electron chi connectivity index (χ4n) is 2.95. The zero-order chi connectivity index (χ0) is 16.3. The average Bonchev–Trinajstić information content (AvgIpc) is 2.87. The van der Waals surface area contributed by atoms with Crippen molar-refractivity contribution in [2.45, 2.75) is 46.5 Å². The van der Waals surface area contributed by atoms with E-state index in [-0.39, 0.29) is 5.41 Å². The summed E-state index contributed by atoms with van der Waals surface area (Å²) in [6, 6.07) is 8.27. The van der Waals surface area contributed by atoms with E-state index in [1.807, 2.05) is 22.8 Å². The molecule has 1 aliphatic rings. The van der Waals surface area contributed by atoms with E-state index < -0.39 is 6.50 Å². The van der Waals surface area contributed by atoms with Gasteiger partial charge in [0.1, 0.15) is 12.2 Å². The van der Waals surface area contributed by atoms with Crippen LogP contribution < -0.4 is 4.57 Å². The molecule has 0 amide bonds. The third-order valence-corrected chi connectivity index (χ3v) is 3.84. The van der Waals surface area contributed by atoms with Crippen LogP contribution in [0, 0.1) is 13.8 Å². The lowest BCUT2D eigenvalue weighted by molar-refractivity contribution is -0.694. The van der Waals surface area contributed by atoms with Gasteiger partial charge in [-0.05, 0) is 51.5 Å². The number of nitrogens with zero attached hydrogens (tertiary/aromatic N) is 2. The van der Waals surface area contributed by atoms with Crippen molar-refractivity contribution in [2.24, 2.45) is 0 Å². The molecule has 0 atom stereocenters. The number of benzene rings is 1. The van der Waals surface area contributed by atoms with Crippen molar-refractivity contribution in [3.63, 3.8) is 0 Å². The smallest absolute Gasteiger partial charge is 0.223 e. The molecule has 0 bridgehead atoms. The van der Waals surface area contributed by atoms with E-state index in [0.717, 1.165) is 22.9 Å². The Labute approximate surface area is 124 Å². The molecular formula is C18H23N2+. The first-order valence-electron chi connectivity index (χ1n) is 8.08. The van der Waals surface area contributed by atoms with Gasteiger partial charge in [-0.2, -0.15) is 4.57 Å². The summed E-state index contributed by atoms with van der Waals surface area (Å²) in [7, 11) is 0. The molecule has 0 saturated heterocycles. The summed E-state index contributed by atoms with van der Waals surface area (Å²) < 4.78 is 20.7. The van der Waals surface area contributed by atoms with Crippen LogP contribution in [-0.4, -0.2) is 4.57 Å². The fourth-order valence-corrected chi connectivity index (χ4v) is 2.95. The number of aryl methyl sites for hydroxylation is 1. The van der Waals surface area contributed by atoms with Gasteiger partial charge in [0.2, 0.25) is 0 Å². The lowest BCUT2D eigenvalue weighted by Gasteiger charge is -2.17. The predicted octanol–water partition coefficient (Wildman–Crippen LogP) is 3.71. The van der Waals surface area contributed by atoms with E-state index in [1.54, 1.807) is 6.08 Å². The van der Waals surface area contributed by atoms with Gasteiger partial charge in [-0.25, -0.2) is 4.57 Å². The molecule has 0 spiro atoms. The Morgan fingerprint density at radius 3 is 2.55 bits per heavy atom. The molecule has 2 heteroatoms. The number of imidazole rings is 1. The summed E-state index contributed by atoms with van der Waals surface area (Å²) >= 11 is 0. The van der Waals surface area contributed by atoms with E-state index >= 15 is 0 Å². The highest BCUT2D eigenvalue weighted by molar-refractivity contribution is 5.51. The van der Waals surface area contributed by atoms with E-state index in [4.69, 9.17) is 2.74 Å². The van der Waals surface area contributed by atoms with Crippen molar-refractivity contribution in [1.29, 1.82) is 0 Å². The average molecular weight is 269 g/mol. The Morgan fingerprint density at radius 2 is 1.90 bits per heavy atom. The van der Waals surface area contributed by atoms with E-state index in [2.05, 4.69) is 51.3 Å². The monoisotopic (exact) mass is 269 g/mol. The summed E-state index contributed by atoms with van der Waals surface area (Å²) in [5.74, 6) is 0.990. The number of para-hydroxylation sites is 1. The Bertz CT molecular complexity index is 777. The van der Waals surface area contributed by atoms with E-state index in [0.29, 0.717) is 0 Å². The van der Waals surface area contributed by atoms with Crippen LogP contribution in [0.5, 0.6) is 0 Å². The maximum Gasteiger partial charge on any atom is 0.268 e. The molecule has 3 rings (SSSR count). The normalized spacial score (nSPS) is 17.9. The molecule has 1 aliphatic heterocycles. The van der Waals surface area contributed by atoms with Crippen LogP contribution >= 0.6 is 0 Å². The molecule has 0 fully saturated rings. The SMILES string of the molecule is [2H]C1([2H])C=Cc2c(C)n(-c3ccccc3C)c(C(C)(C)C)[n+]21. The first kappa shape index (κ1) is 10.9. The third kappa shape index (κ3) is 1.82. The van der Waals surface area contributed by atoms with Gasteiger partial charge in [0.15, 0.2) is 11.4 Å². The highest BCUT2D eigenvalue weighted by Crippen LogP contribution is 2.29. The van der Waals surface area contributed by atoms with Crippen molar-refractivity contribution in [3.8, 4) is 5.69 Å². The Hall–Kier alpha value is -1.83. The number of fused-ring (bicyclic) bond motifs is 1.